The Hall–Kier alpha value is -1.72. The van der Waals surface area contributed by atoms with E-state index in [0.717, 1.165) is 18.4 Å². The number of guanidine groups is 1. The van der Waals surface area contributed by atoms with Crippen molar-refractivity contribution in [1.82, 2.24) is 15.4 Å². The third-order valence-corrected chi connectivity index (χ3v) is 7.12. The average Bonchev–Trinajstić information content (AvgIpc) is 3.48. The minimum Gasteiger partial charge on any atom is -0.356 e. The van der Waals surface area contributed by atoms with Crippen molar-refractivity contribution in [2.45, 2.75) is 56.0 Å². The van der Waals surface area contributed by atoms with Crippen molar-refractivity contribution in [3.63, 3.8) is 0 Å². The predicted molar refractivity (Wildman–Crippen MR) is 137 cm³/mol. The Morgan fingerprint density at radius 3 is 2.28 bits per heavy atom. The van der Waals surface area contributed by atoms with E-state index >= 15 is 0 Å². The van der Waals surface area contributed by atoms with Crippen LogP contribution in [-0.2, 0) is 22.0 Å². The lowest BCUT2D eigenvalue weighted by molar-refractivity contribution is 0.491. The van der Waals surface area contributed by atoms with Gasteiger partial charge in [-0.2, -0.15) is 0 Å². The van der Waals surface area contributed by atoms with Gasteiger partial charge in [-0.25, -0.2) is 17.5 Å². The molecule has 3 rings (SSSR count). The first-order valence-corrected chi connectivity index (χ1v) is 11.9. The van der Waals surface area contributed by atoms with Crippen LogP contribution in [0, 0.1) is 5.82 Å². The fraction of sp³-hybridized carbons (Fsp3) is 0.435. The van der Waals surface area contributed by atoms with Gasteiger partial charge >= 0.3 is 0 Å². The standard InChI is InChI=1S/C23H31FN4O2S.HI/c1-22(2,3)28-31(29,30)20-12-8-5-9-17(20)15-26-21(25-4)27-16-23(13-14-23)18-10-6-7-11-19(18)24;/h5-12,28H,13-16H2,1-4H3,(H2,25,26,27);1H. The van der Waals surface area contributed by atoms with Gasteiger partial charge in [0.05, 0.1) is 4.90 Å². The van der Waals surface area contributed by atoms with E-state index in [9.17, 15) is 12.8 Å². The summed E-state index contributed by atoms with van der Waals surface area (Å²) in [6.45, 7) is 6.26. The van der Waals surface area contributed by atoms with Gasteiger partial charge in [0.25, 0.3) is 0 Å². The smallest absolute Gasteiger partial charge is 0.241 e. The second kappa shape index (κ2) is 10.5. The molecule has 2 aromatic rings. The SMILES string of the molecule is CN=C(NCc1ccccc1S(=O)(=O)NC(C)(C)C)NCC1(c2ccccc2F)CC1.I. The monoisotopic (exact) mass is 574 g/mol. The molecule has 176 valence electrons. The summed E-state index contributed by atoms with van der Waals surface area (Å²) in [7, 11) is -2.01. The predicted octanol–water partition coefficient (Wildman–Crippen LogP) is 3.92. The summed E-state index contributed by atoms with van der Waals surface area (Å²) in [4.78, 5) is 4.47. The average molecular weight is 575 g/mol. The normalized spacial score (nSPS) is 15.6. The van der Waals surface area contributed by atoms with E-state index in [4.69, 9.17) is 0 Å². The van der Waals surface area contributed by atoms with Crippen LogP contribution in [0.25, 0.3) is 0 Å². The topological polar surface area (TPSA) is 82.6 Å². The molecule has 2 aromatic carbocycles. The van der Waals surface area contributed by atoms with Gasteiger partial charge < -0.3 is 10.6 Å². The Bertz CT molecular complexity index is 1060. The molecule has 0 saturated heterocycles. The van der Waals surface area contributed by atoms with E-state index in [1.165, 1.54) is 6.07 Å². The minimum atomic E-state index is -3.66. The zero-order valence-electron chi connectivity index (χ0n) is 18.9. The van der Waals surface area contributed by atoms with Gasteiger partial charge in [0.2, 0.25) is 10.0 Å². The van der Waals surface area contributed by atoms with Crippen molar-refractivity contribution >= 4 is 40.0 Å². The van der Waals surface area contributed by atoms with Crippen molar-refractivity contribution < 1.29 is 12.8 Å². The van der Waals surface area contributed by atoms with E-state index in [1.54, 1.807) is 58.2 Å². The van der Waals surface area contributed by atoms with E-state index in [1.807, 2.05) is 12.1 Å². The van der Waals surface area contributed by atoms with Crippen LogP contribution in [0.3, 0.4) is 0 Å². The van der Waals surface area contributed by atoms with Gasteiger partial charge in [0.15, 0.2) is 5.96 Å². The Kier molecular flexibility index (Phi) is 8.69. The molecule has 6 nitrogen and oxygen atoms in total. The second-order valence-electron chi connectivity index (χ2n) is 9.00. The van der Waals surface area contributed by atoms with Gasteiger partial charge in [-0.15, -0.1) is 24.0 Å². The van der Waals surface area contributed by atoms with Crippen molar-refractivity contribution in [1.29, 1.82) is 0 Å². The summed E-state index contributed by atoms with van der Waals surface area (Å²) < 4.78 is 42.6. The Balaban J connectivity index is 0.00000363. The molecule has 0 radical (unpaired) electrons. The molecule has 0 atom stereocenters. The molecular weight excluding hydrogens is 542 g/mol. The van der Waals surface area contributed by atoms with Crippen LogP contribution in [0.1, 0.15) is 44.7 Å². The Morgan fingerprint density at radius 2 is 1.69 bits per heavy atom. The zero-order chi connectivity index (χ0) is 22.7. The van der Waals surface area contributed by atoms with E-state index in [0.29, 0.717) is 18.1 Å². The highest BCUT2D eigenvalue weighted by atomic mass is 127. The summed E-state index contributed by atoms with van der Waals surface area (Å²) in [5.74, 6) is 0.355. The van der Waals surface area contributed by atoms with E-state index < -0.39 is 15.6 Å². The first-order valence-electron chi connectivity index (χ1n) is 10.4. The van der Waals surface area contributed by atoms with Crippen LogP contribution < -0.4 is 15.4 Å². The van der Waals surface area contributed by atoms with Crippen molar-refractivity contribution in [3.05, 3.63) is 65.5 Å². The number of halogens is 2. The Labute approximate surface area is 207 Å². The van der Waals surface area contributed by atoms with E-state index in [-0.39, 0.29) is 46.6 Å². The fourth-order valence-electron chi connectivity index (χ4n) is 3.61. The molecule has 3 N–H and O–H groups in total. The molecule has 0 heterocycles. The van der Waals surface area contributed by atoms with Gasteiger partial charge in [-0.05, 0) is 56.9 Å². The summed E-state index contributed by atoms with van der Waals surface area (Å²) in [6.07, 6.45) is 1.83. The number of benzene rings is 2. The number of nitrogens with one attached hydrogen (secondary N) is 3. The fourth-order valence-corrected chi connectivity index (χ4v) is 5.27. The lowest BCUT2D eigenvalue weighted by Crippen LogP contribution is -2.42. The number of aliphatic imine (C=N–C) groups is 1. The first kappa shape index (κ1) is 26.5. The number of sulfonamides is 1. The molecule has 1 fully saturated rings. The Morgan fingerprint density at radius 1 is 1.06 bits per heavy atom. The molecule has 0 aliphatic heterocycles. The molecule has 0 bridgehead atoms. The van der Waals surface area contributed by atoms with Crippen LogP contribution in [-0.4, -0.2) is 33.5 Å². The maximum absolute atomic E-state index is 14.2. The summed E-state index contributed by atoms with van der Waals surface area (Å²) in [6, 6.07) is 13.8. The highest BCUT2D eigenvalue weighted by Crippen LogP contribution is 2.48. The minimum absolute atomic E-state index is 0. The molecule has 32 heavy (non-hydrogen) atoms. The first-order chi connectivity index (χ1) is 14.6. The van der Waals surface area contributed by atoms with Gasteiger partial charge in [-0.3, -0.25) is 4.99 Å². The second-order valence-corrected chi connectivity index (χ2v) is 10.7. The molecule has 0 aromatic heterocycles. The van der Waals surface area contributed by atoms with Gasteiger partial charge in [-0.1, -0.05) is 36.4 Å². The lowest BCUT2D eigenvalue weighted by atomic mass is 9.95. The van der Waals surface area contributed by atoms with Crippen LogP contribution in [0.2, 0.25) is 0 Å². The number of rotatable bonds is 7. The van der Waals surface area contributed by atoms with Crippen molar-refractivity contribution in [2.75, 3.05) is 13.6 Å². The number of nitrogens with zero attached hydrogens (tertiary/aromatic N) is 1. The highest BCUT2D eigenvalue weighted by Gasteiger charge is 2.45. The van der Waals surface area contributed by atoms with E-state index in [2.05, 4.69) is 20.3 Å². The zero-order valence-corrected chi connectivity index (χ0v) is 22.1. The van der Waals surface area contributed by atoms with Crippen LogP contribution >= 0.6 is 24.0 Å². The van der Waals surface area contributed by atoms with Gasteiger partial charge in [0.1, 0.15) is 5.82 Å². The van der Waals surface area contributed by atoms with Crippen molar-refractivity contribution in [3.8, 4) is 0 Å². The molecule has 0 spiro atoms. The molecule has 0 unspecified atom stereocenters. The third kappa shape index (κ3) is 6.64. The molecule has 9 heteroatoms. The number of hydrogen-bond donors (Lipinski definition) is 3. The molecular formula is C23H32FIN4O2S. The number of hydrogen-bond acceptors (Lipinski definition) is 3. The highest BCUT2D eigenvalue weighted by molar-refractivity contribution is 14.0. The summed E-state index contributed by atoms with van der Waals surface area (Å²) in [5.41, 5.74) is 0.559. The van der Waals surface area contributed by atoms with Crippen LogP contribution in [0.4, 0.5) is 4.39 Å². The molecule has 0 amide bonds. The van der Waals surface area contributed by atoms with Crippen LogP contribution in [0.15, 0.2) is 58.4 Å². The maximum atomic E-state index is 14.2. The lowest BCUT2D eigenvalue weighted by Gasteiger charge is -2.22. The van der Waals surface area contributed by atoms with Crippen molar-refractivity contribution in [2.24, 2.45) is 4.99 Å². The molecule has 1 aliphatic rings. The largest absolute Gasteiger partial charge is 0.356 e. The summed E-state index contributed by atoms with van der Waals surface area (Å²) in [5, 5.41) is 6.45. The van der Waals surface area contributed by atoms with Crippen LogP contribution in [0.5, 0.6) is 0 Å². The third-order valence-electron chi connectivity index (χ3n) is 5.27. The quantitative estimate of drug-likeness (QED) is 0.266. The van der Waals surface area contributed by atoms with Gasteiger partial charge in [0, 0.05) is 31.1 Å². The summed E-state index contributed by atoms with van der Waals surface area (Å²) >= 11 is 0. The molecule has 1 saturated carbocycles. The molecule has 1 aliphatic carbocycles. The maximum Gasteiger partial charge on any atom is 0.241 e.